The maximum atomic E-state index is 13.9. The summed E-state index contributed by atoms with van der Waals surface area (Å²) < 4.78 is 13.9. The summed E-state index contributed by atoms with van der Waals surface area (Å²) in [5.41, 5.74) is 12.2. The van der Waals surface area contributed by atoms with E-state index < -0.39 is 0 Å². The van der Waals surface area contributed by atoms with Crippen LogP contribution in [0.25, 0.3) is 0 Å². The molecule has 19 heavy (non-hydrogen) atoms. The minimum Gasteiger partial charge on any atom is -0.383 e. The molecule has 6 heteroatoms. The number of nitroso groups, excluding NO2 is 1. The number of hydrogen-bond donors (Lipinski definition) is 3. The van der Waals surface area contributed by atoms with Gasteiger partial charge in [-0.15, -0.1) is 0 Å². The normalized spacial score (nSPS) is 12.5. The highest BCUT2D eigenvalue weighted by atomic mass is 19.1. The Bertz CT molecular complexity index is 410. The number of halogens is 1. The van der Waals surface area contributed by atoms with Crippen molar-refractivity contribution in [1.82, 2.24) is 0 Å². The van der Waals surface area contributed by atoms with Crippen molar-refractivity contribution in [3.05, 3.63) is 34.5 Å². The largest absolute Gasteiger partial charge is 0.383 e. The van der Waals surface area contributed by atoms with Crippen molar-refractivity contribution in [2.75, 3.05) is 25.0 Å². The molecule has 0 amide bonds. The molecule has 5 nitrogen and oxygen atoms in total. The second kappa shape index (κ2) is 7.81. The summed E-state index contributed by atoms with van der Waals surface area (Å²) in [4.78, 5) is 10.5. The fourth-order valence-corrected chi connectivity index (χ4v) is 1.81. The van der Waals surface area contributed by atoms with Crippen LogP contribution in [0, 0.1) is 10.7 Å². The van der Waals surface area contributed by atoms with Gasteiger partial charge in [0, 0.05) is 31.2 Å². The lowest BCUT2D eigenvalue weighted by Gasteiger charge is -2.15. The third-order valence-corrected chi connectivity index (χ3v) is 3.17. The zero-order valence-corrected chi connectivity index (χ0v) is 11.1. The lowest BCUT2D eigenvalue weighted by molar-refractivity contribution is 0.580. The van der Waals surface area contributed by atoms with Gasteiger partial charge in [-0.3, -0.25) is 0 Å². The number of rotatable bonds is 8. The highest BCUT2D eigenvalue weighted by molar-refractivity contribution is 5.46. The van der Waals surface area contributed by atoms with E-state index in [-0.39, 0.29) is 17.8 Å². The van der Waals surface area contributed by atoms with Gasteiger partial charge in [0.2, 0.25) is 0 Å². The van der Waals surface area contributed by atoms with Gasteiger partial charge in [0.15, 0.2) is 0 Å². The molecule has 0 heterocycles. The molecule has 0 fully saturated rings. The summed E-state index contributed by atoms with van der Waals surface area (Å²) >= 11 is 0. The number of nitrogens with one attached hydrogen (secondary N) is 1. The van der Waals surface area contributed by atoms with E-state index in [1.54, 1.807) is 12.1 Å². The monoisotopic (exact) mass is 268 g/mol. The van der Waals surface area contributed by atoms with E-state index in [1.165, 1.54) is 6.07 Å². The molecule has 0 saturated heterocycles. The Morgan fingerprint density at radius 2 is 2.05 bits per heavy atom. The number of hydrogen-bond acceptors (Lipinski definition) is 5. The summed E-state index contributed by atoms with van der Waals surface area (Å²) in [6, 6.07) is 4.53. The van der Waals surface area contributed by atoms with Crippen molar-refractivity contribution in [1.29, 1.82) is 0 Å². The van der Waals surface area contributed by atoms with Gasteiger partial charge in [-0.2, -0.15) is 4.91 Å². The lowest BCUT2D eigenvalue weighted by atomic mass is 9.98. The molecular formula is C13H21FN4O. The first kappa shape index (κ1) is 15.5. The molecule has 1 rings (SSSR count). The lowest BCUT2D eigenvalue weighted by Crippen LogP contribution is -2.22. The molecule has 5 N–H and O–H groups in total. The quantitative estimate of drug-likeness (QED) is 0.626. The van der Waals surface area contributed by atoms with Gasteiger partial charge in [0.05, 0.1) is 0 Å². The Hall–Kier alpha value is -1.53. The van der Waals surface area contributed by atoms with Crippen LogP contribution in [0.3, 0.4) is 0 Å². The number of nitrogens with zero attached hydrogens (tertiary/aromatic N) is 1. The van der Waals surface area contributed by atoms with E-state index in [0.717, 1.165) is 0 Å². The molecule has 1 unspecified atom stereocenters. The molecule has 0 bridgehead atoms. The molecule has 0 aliphatic rings. The fourth-order valence-electron chi connectivity index (χ4n) is 1.81. The van der Waals surface area contributed by atoms with Crippen LogP contribution in [-0.2, 0) is 0 Å². The molecule has 0 aromatic heterocycles. The van der Waals surface area contributed by atoms with E-state index in [4.69, 9.17) is 11.5 Å². The molecule has 0 aliphatic heterocycles. The first-order valence-corrected chi connectivity index (χ1v) is 6.42. The van der Waals surface area contributed by atoms with Crippen LogP contribution in [0.4, 0.5) is 10.1 Å². The highest BCUT2D eigenvalue weighted by Crippen LogP contribution is 2.21. The third kappa shape index (κ3) is 4.25. The molecule has 0 saturated carbocycles. The van der Waals surface area contributed by atoms with Crippen molar-refractivity contribution in [3.63, 3.8) is 0 Å². The van der Waals surface area contributed by atoms with Gasteiger partial charge in [-0.25, -0.2) is 4.39 Å². The van der Waals surface area contributed by atoms with Crippen molar-refractivity contribution < 1.29 is 4.39 Å². The number of anilines is 1. The van der Waals surface area contributed by atoms with Gasteiger partial charge < -0.3 is 16.8 Å². The predicted molar refractivity (Wildman–Crippen MR) is 75.6 cm³/mol. The van der Waals surface area contributed by atoms with Gasteiger partial charge in [0.1, 0.15) is 11.9 Å². The minimum atomic E-state index is -0.335. The Morgan fingerprint density at radius 3 is 2.53 bits per heavy atom. The Balaban J connectivity index is 2.73. The second-order valence-corrected chi connectivity index (χ2v) is 4.45. The molecule has 0 spiro atoms. The van der Waals surface area contributed by atoms with Crippen molar-refractivity contribution in [3.8, 4) is 0 Å². The van der Waals surface area contributed by atoms with Crippen LogP contribution in [0.2, 0.25) is 0 Å². The minimum absolute atomic E-state index is 0.172. The highest BCUT2D eigenvalue weighted by Gasteiger charge is 2.13. The maximum Gasteiger partial charge on any atom is 0.128 e. The predicted octanol–water partition coefficient (Wildman–Crippen LogP) is 1.78. The summed E-state index contributed by atoms with van der Waals surface area (Å²) in [6.07, 6.45) is 0.652. The summed E-state index contributed by atoms with van der Waals surface area (Å²) in [5, 5.41) is 5.97. The van der Waals surface area contributed by atoms with Crippen molar-refractivity contribution in [2.24, 2.45) is 16.6 Å². The van der Waals surface area contributed by atoms with Crippen LogP contribution in [-0.4, -0.2) is 25.7 Å². The maximum absolute atomic E-state index is 13.9. The van der Waals surface area contributed by atoms with Crippen molar-refractivity contribution >= 4 is 5.69 Å². The number of nitrogens with two attached hydrogens (primary N) is 2. The summed E-state index contributed by atoms with van der Waals surface area (Å²) in [7, 11) is 0. The topological polar surface area (TPSA) is 93.5 Å². The molecule has 0 radical (unpaired) electrons. The van der Waals surface area contributed by atoms with Gasteiger partial charge >= 0.3 is 0 Å². The molecule has 1 aromatic carbocycles. The van der Waals surface area contributed by atoms with Gasteiger partial charge in [0.25, 0.3) is 0 Å². The van der Waals surface area contributed by atoms with Gasteiger partial charge in [-0.05, 0) is 24.1 Å². The molecular weight excluding hydrogens is 247 g/mol. The fraction of sp³-hybridized carbons (Fsp3) is 0.538. The van der Waals surface area contributed by atoms with E-state index in [2.05, 4.69) is 10.5 Å². The van der Waals surface area contributed by atoms with E-state index in [1.807, 2.05) is 6.92 Å². The van der Waals surface area contributed by atoms with Crippen LogP contribution in [0.5, 0.6) is 0 Å². The zero-order chi connectivity index (χ0) is 14.3. The second-order valence-electron chi connectivity index (χ2n) is 4.45. The summed E-state index contributed by atoms with van der Waals surface area (Å²) in [5.74, 6) is -0.507. The first-order chi connectivity index (χ1) is 9.15. The number of benzene rings is 1. The Labute approximate surface area is 112 Å². The SMILES string of the molecule is CCC(CNc1ccc(C(CN)CN)c(F)c1)N=O. The van der Waals surface area contributed by atoms with Crippen LogP contribution in [0.15, 0.2) is 23.4 Å². The molecule has 106 valence electrons. The Morgan fingerprint density at radius 1 is 1.37 bits per heavy atom. The molecule has 1 atom stereocenters. The van der Waals surface area contributed by atoms with Crippen LogP contribution >= 0.6 is 0 Å². The van der Waals surface area contributed by atoms with E-state index >= 15 is 0 Å². The van der Waals surface area contributed by atoms with Crippen LogP contribution in [0.1, 0.15) is 24.8 Å². The van der Waals surface area contributed by atoms with E-state index in [9.17, 15) is 9.30 Å². The third-order valence-electron chi connectivity index (χ3n) is 3.17. The first-order valence-electron chi connectivity index (χ1n) is 6.42. The average Bonchev–Trinajstić information content (AvgIpc) is 2.43. The van der Waals surface area contributed by atoms with Gasteiger partial charge in [-0.1, -0.05) is 18.2 Å². The standard InChI is InChI=1S/C13H21FN4O/c1-2-10(18-19)8-17-11-3-4-12(13(14)5-11)9(6-15)7-16/h3-5,9-10,17H,2,6-8,15-16H2,1H3. The van der Waals surface area contributed by atoms with Crippen LogP contribution < -0.4 is 16.8 Å². The smallest absolute Gasteiger partial charge is 0.128 e. The zero-order valence-electron chi connectivity index (χ0n) is 11.1. The Kier molecular flexibility index (Phi) is 6.38. The molecule has 1 aromatic rings. The van der Waals surface area contributed by atoms with Crippen molar-refractivity contribution in [2.45, 2.75) is 25.3 Å². The average molecular weight is 268 g/mol. The molecule has 0 aliphatic carbocycles. The summed E-state index contributed by atoms with van der Waals surface area (Å²) in [6.45, 7) is 2.90. The van der Waals surface area contributed by atoms with E-state index in [0.29, 0.717) is 37.3 Å².